The average molecular weight is 463 g/mol. The molecule has 2 heterocycles. The number of carboxylic acids is 1. The fraction of sp³-hybridized carbons (Fsp3) is 0.500. The molecule has 9 heteroatoms. The molecule has 0 spiro atoms. The summed E-state index contributed by atoms with van der Waals surface area (Å²) < 4.78 is 7.67. The zero-order chi connectivity index (χ0) is 20.5. The molecular formula is C20H26Cl3N3O3. The van der Waals surface area contributed by atoms with Crippen molar-refractivity contribution in [3.8, 4) is 0 Å². The van der Waals surface area contributed by atoms with Crippen LogP contribution in [-0.4, -0.2) is 40.6 Å². The maximum atomic E-state index is 11.8. The van der Waals surface area contributed by atoms with Gasteiger partial charge in [-0.05, 0) is 23.8 Å². The molecule has 2 N–H and O–H groups in total. The predicted molar refractivity (Wildman–Crippen MR) is 117 cm³/mol. The second-order valence-electron chi connectivity index (χ2n) is 8.08. The topological polar surface area (TPSA) is 76.4 Å². The predicted octanol–water partition coefficient (Wildman–Crippen LogP) is 4.58. The van der Waals surface area contributed by atoms with Crippen molar-refractivity contribution in [1.82, 2.24) is 15.1 Å². The molecule has 1 aromatic heterocycles. The van der Waals surface area contributed by atoms with Crippen molar-refractivity contribution in [2.75, 3.05) is 19.7 Å². The Balaban J connectivity index is 0.00000300. The first kappa shape index (κ1) is 24.0. The van der Waals surface area contributed by atoms with Gasteiger partial charge in [0.1, 0.15) is 5.69 Å². The number of halogens is 3. The molecule has 1 aliphatic rings. The Kier molecular flexibility index (Phi) is 7.99. The molecule has 0 unspecified atom stereocenters. The first-order valence-electron chi connectivity index (χ1n) is 9.25. The Morgan fingerprint density at radius 3 is 2.66 bits per heavy atom. The maximum absolute atomic E-state index is 11.8. The highest BCUT2D eigenvalue weighted by Gasteiger charge is 2.30. The van der Waals surface area contributed by atoms with Gasteiger partial charge in [0.25, 0.3) is 0 Å². The molecule has 0 amide bonds. The van der Waals surface area contributed by atoms with Crippen LogP contribution in [0.5, 0.6) is 0 Å². The van der Waals surface area contributed by atoms with Gasteiger partial charge in [0.2, 0.25) is 0 Å². The molecule has 0 saturated carbocycles. The summed E-state index contributed by atoms with van der Waals surface area (Å²) in [5.41, 5.74) is 1.61. The summed E-state index contributed by atoms with van der Waals surface area (Å²) in [6, 6.07) is 7.13. The summed E-state index contributed by atoms with van der Waals surface area (Å²) >= 11 is 12.3. The van der Waals surface area contributed by atoms with E-state index in [0.717, 1.165) is 17.8 Å². The number of hydrogen-bond donors (Lipinski definition) is 2. The normalized spacial score (nSPS) is 20.0. The summed E-state index contributed by atoms with van der Waals surface area (Å²) in [4.78, 5) is 11.8. The minimum Gasteiger partial charge on any atom is -0.477 e. The number of hydrogen-bond acceptors (Lipinski definition) is 4. The Morgan fingerprint density at radius 1 is 1.31 bits per heavy atom. The fourth-order valence-electron chi connectivity index (χ4n) is 3.32. The Bertz CT molecular complexity index is 864. The zero-order valence-electron chi connectivity index (χ0n) is 16.6. The SMILES string of the molecule is CC(C)(C)c1cc(C(=O)O)n(C[C@@H]2CNCCO[C@H]2c2ccc(Cl)c(Cl)c2)n1.Cl. The Hall–Kier alpha value is -1.31. The van der Waals surface area contributed by atoms with Crippen molar-refractivity contribution in [1.29, 1.82) is 0 Å². The van der Waals surface area contributed by atoms with Crippen molar-refractivity contribution >= 4 is 41.6 Å². The van der Waals surface area contributed by atoms with Crippen molar-refractivity contribution in [3.63, 3.8) is 0 Å². The number of nitrogens with zero attached hydrogens (tertiary/aromatic N) is 2. The second kappa shape index (κ2) is 9.67. The summed E-state index contributed by atoms with van der Waals surface area (Å²) in [7, 11) is 0. The third-order valence-corrected chi connectivity index (χ3v) is 5.60. The molecule has 2 aromatic rings. The van der Waals surface area contributed by atoms with Gasteiger partial charge in [-0.15, -0.1) is 12.4 Å². The Morgan fingerprint density at radius 2 is 2.03 bits per heavy atom. The standard InChI is InChI=1S/C20H25Cl2N3O3.ClH/c1-20(2,3)17-9-16(19(26)27)25(24-17)11-13-10-23-6-7-28-18(13)12-4-5-14(21)15(22)8-12;/h4-5,8-9,13,18,23H,6-7,10-11H2,1-3H3,(H,26,27);1H/t13-,18-;/m0./s1. The van der Waals surface area contributed by atoms with Crippen molar-refractivity contribution in [2.45, 2.75) is 38.8 Å². The van der Waals surface area contributed by atoms with Crippen LogP contribution in [0.3, 0.4) is 0 Å². The third-order valence-electron chi connectivity index (χ3n) is 4.86. The first-order chi connectivity index (χ1) is 13.2. The number of aromatic carboxylic acids is 1. The molecule has 3 rings (SSSR count). The molecular weight excluding hydrogens is 437 g/mol. The van der Waals surface area contributed by atoms with Gasteiger partial charge in [0.15, 0.2) is 0 Å². The highest BCUT2D eigenvalue weighted by molar-refractivity contribution is 6.42. The van der Waals surface area contributed by atoms with E-state index < -0.39 is 5.97 Å². The molecule has 1 aliphatic heterocycles. The maximum Gasteiger partial charge on any atom is 0.354 e. The van der Waals surface area contributed by atoms with Crippen LogP contribution in [0.25, 0.3) is 0 Å². The zero-order valence-corrected chi connectivity index (χ0v) is 18.9. The van der Waals surface area contributed by atoms with Crippen LogP contribution in [0.1, 0.15) is 48.6 Å². The van der Waals surface area contributed by atoms with Crippen molar-refractivity contribution in [2.24, 2.45) is 5.92 Å². The van der Waals surface area contributed by atoms with Gasteiger partial charge < -0.3 is 15.2 Å². The number of carboxylic acid groups (broad SMARTS) is 1. The number of ether oxygens (including phenoxy) is 1. The molecule has 0 radical (unpaired) electrons. The number of benzene rings is 1. The minimum absolute atomic E-state index is 0. The van der Waals surface area contributed by atoms with Gasteiger partial charge in [-0.2, -0.15) is 5.10 Å². The monoisotopic (exact) mass is 461 g/mol. The van der Waals surface area contributed by atoms with Crippen LogP contribution >= 0.6 is 35.6 Å². The molecule has 29 heavy (non-hydrogen) atoms. The smallest absolute Gasteiger partial charge is 0.354 e. The van der Waals surface area contributed by atoms with Gasteiger partial charge in [-0.3, -0.25) is 4.68 Å². The molecule has 1 aromatic carbocycles. The number of aromatic nitrogens is 2. The lowest BCUT2D eigenvalue weighted by Crippen LogP contribution is -2.29. The summed E-state index contributed by atoms with van der Waals surface area (Å²) in [5, 5.41) is 18.5. The van der Waals surface area contributed by atoms with Gasteiger partial charge in [0.05, 0.1) is 28.5 Å². The fourth-order valence-corrected chi connectivity index (χ4v) is 3.63. The summed E-state index contributed by atoms with van der Waals surface area (Å²) in [5.74, 6) is -1.01. The van der Waals surface area contributed by atoms with Crippen LogP contribution in [0.4, 0.5) is 0 Å². The molecule has 0 aliphatic carbocycles. The average Bonchev–Trinajstić information content (AvgIpc) is 2.91. The highest BCUT2D eigenvalue weighted by atomic mass is 35.5. The van der Waals surface area contributed by atoms with Gasteiger partial charge >= 0.3 is 5.97 Å². The Labute approximate surface area is 186 Å². The van der Waals surface area contributed by atoms with Crippen LogP contribution in [-0.2, 0) is 16.7 Å². The first-order valence-corrected chi connectivity index (χ1v) is 10.0. The summed E-state index contributed by atoms with van der Waals surface area (Å²) in [6.07, 6.45) is -0.242. The van der Waals surface area contributed by atoms with E-state index in [4.69, 9.17) is 27.9 Å². The largest absolute Gasteiger partial charge is 0.477 e. The lowest BCUT2D eigenvalue weighted by atomic mass is 9.92. The van der Waals surface area contributed by atoms with Crippen molar-refractivity contribution in [3.05, 3.63) is 51.3 Å². The van der Waals surface area contributed by atoms with E-state index >= 15 is 0 Å². The van der Waals surface area contributed by atoms with Crippen LogP contribution < -0.4 is 5.32 Å². The lowest BCUT2D eigenvalue weighted by molar-refractivity contribution is 0.0236. The van der Waals surface area contributed by atoms with E-state index in [1.54, 1.807) is 16.8 Å². The lowest BCUT2D eigenvalue weighted by Gasteiger charge is -2.26. The molecule has 1 fully saturated rings. The molecule has 1 saturated heterocycles. The van der Waals surface area contributed by atoms with Crippen molar-refractivity contribution < 1.29 is 14.6 Å². The molecule has 2 atom stereocenters. The van der Waals surface area contributed by atoms with Crippen LogP contribution in [0, 0.1) is 5.92 Å². The van der Waals surface area contributed by atoms with E-state index in [0.29, 0.717) is 29.7 Å². The summed E-state index contributed by atoms with van der Waals surface area (Å²) in [6.45, 7) is 8.41. The number of carbonyl (C=O) groups is 1. The number of nitrogens with one attached hydrogen (secondary N) is 1. The second-order valence-corrected chi connectivity index (χ2v) is 8.90. The highest BCUT2D eigenvalue weighted by Crippen LogP contribution is 2.33. The third kappa shape index (κ3) is 5.64. The van der Waals surface area contributed by atoms with Gasteiger partial charge in [-0.1, -0.05) is 50.0 Å². The van der Waals surface area contributed by atoms with E-state index in [9.17, 15) is 9.90 Å². The van der Waals surface area contributed by atoms with Crippen LogP contribution in [0.15, 0.2) is 24.3 Å². The van der Waals surface area contributed by atoms with Crippen LogP contribution in [0.2, 0.25) is 10.0 Å². The van der Waals surface area contributed by atoms with E-state index in [2.05, 4.69) is 10.4 Å². The quantitative estimate of drug-likeness (QED) is 0.695. The minimum atomic E-state index is -0.989. The van der Waals surface area contributed by atoms with E-state index in [1.807, 2.05) is 32.9 Å². The van der Waals surface area contributed by atoms with Gasteiger partial charge in [-0.25, -0.2) is 4.79 Å². The van der Waals surface area contributed by atoms with Gasteiger partial charge in [0, 0.05) is 31.0 Å². The molecule has 160 valence electrons. The molecule has 6 nitrogen and oxygen atoms in total. The number of rotatable bonds is 4. The molecule has 0 bridgehead atoms. The van der Waals surface area contributed by atoms with E-state index in [-0.39, 0.29) is 35.5 Å². The van der Waals surface area contributed by atoms with E-state index in [1.165, 1.54) is 0 Å².